The summed E-state index contributed by atoms with van der Waals surface area (Å²) in [7, 11) is 0. The molecule has 0 amide bonds. The number of esters is 1. The van der Waals surface area contributed by atoms with E-state index in [0.29, 0.717) is 0 Å². The van der Waals surface area contributed by atoms with Gasteiger partial charge in [-0.1, -0.05) is 6.07 Å². The molecule has 0 heterocycles. The molecule has 1 aromatic rings. The van der Waals surface area contributed by atoms with Crippen LogP contribution in [-0.4, -0.2) is 12.1 Å². The van der Waals surface area contributed by atoms with E-state index in [1.807, 2.05) is 0 Å². The summed E-state index contributed by atoms with van der Waals surface area (Å²) in [6.45, 7) is 1.44. The van der Waals surface area contributed by atoms with Crippen molar-refractivity contribution in [2.45, 2.75) is 13.0 Å². The van der Waals surface area contributed by atoms with Crippen LogP contribution >= 0.6 is 0 Å². The van der Waals surface area contributed by atoms with Crippen molar-refractivity contribution in [1.82, 2.24) is 0 Å². The molecule has 0 saturated heterocycles. The van der Waals surface area contributed by atoms with Gasteiger partial charge in [-0.3, -0.25) is 0 Å². The van der Waals surface area contributed by atoms with E-state index in [0.717, 1.165) is 6.07 Å². The lowest BCUT2D eigenvalue weighted by Gasteiger charge is -2.05. The molecule has 0 aliphatic rings. The Morgan fingerprint density at radius 3 is 2.93 bits per heavy atom. The summed E-state index contributed by atoms with van der Waals surface area (Å²) in [4.78, 5) is 11.2. The van der Waals surface area contributed by atoms with E-state index >= 15 is 0 Å². The lowest BCUT2D eigenvalue weighted by Crippen LogP contribution is -2.13. The number of nitriles is 1. The molecule has 1 atom stereocenters. The van der Waals surface area contributed by atoms with E-state index in [1.165, 1.54) is 25.1 Å². The Balaban J connectivity index is 2.76. The number of hydrogen-bond donors (Lipinski definition) is 0. The van der Waals surface area contributed by atoms with Gasteiger partial charge in [0.2, 0.25) is 0 Å². The summed E-state index contributed by atoms with van der Waals surface area (Å²) in [5, 5.41) is 8.38. The highest BCUT2D eigenvalue weighted by atomic mass is 19.1. The van der Waals surface area contributed by atoms with Gasteiger partial charge >= 0.3 is 5.97 Å². The highest BCUT2D eigenvalue weighted by molar-refractivity contribution is 5.89. The summed E-state index contributed by atoms with van der Waals surface area (Å²) in [6.07, 6.45) is -0.828. The first-order valence-corrected chi connectivity index (χ1v) is 3.99. The summed E-state index contributed by atoms with van der Waals surface area (Å²) in [5.74, 6) is -1.21. The van der Waals surface area contributed by atoms with Gasteiger partial charge < -0.3 is 4.74 Å². The molecular weight excluding hydrogens is 185 g/mol. The molecule has 0 spiro atoms. The van der Waals surface area contributed by atoms with Gasteiger partial charge in [0.1, 0.15) is 11.9 Å². The zero-order valence-corrected chi connectivity index (χ0v) is 7.53. The van der Waals surface area contributed by atoms with Crippen LogP contribution in [0.25, 0.3) is 0 Å². The van der Waals surface area contributed by atoms with Gasteiger partial charge in [-0.05, 0) is 25.1 Å². The van der Waals surface area contributed by atoms with E-state index in [1.54, 1.807) is 6.07 Å². The van der Waals surface area contributed by atoms with E-state index in [4.69, 9.17) is 5.26 Å². The fourth-order valence-corrected chi connectivity index (χ4v) is 0.870. The quantitative estimate of drug-likeness (QED) is 0.674. The predicted octanol–water partition coefficient (Wildman–Crippen LogP) is 1.89. The van der Waals surface area contributed by atoms with Crippen molar-refractivity contribution in [3.63, 3.8) is 0 Å². The Bertz CT molecular complexity index is 384. The number of benzene rings is 1. The van der Waals surface area contributed by atoms with E-state index in [-0.39, 0.29) is 5.56 Å². The second kappa shape index (κ2) is 4.38. The molecule has 1 unspecified atom stereocenters. The molecule has 0 bridgehead atoms. The predicted molar refractivity (Wildman–Crippen MR) is 46.9 cm³/mol. The Hall–Kier alpha value is -1.89. The number of carbonyl (C=O) groups excluding carboxylic acids is 1. The Morgan fingerprint density at radius 2 is 2.36 bits per heavy atom. The van der Waals surface area contributed by atoms with E-state index in [2.05, 4.69) is 4.74 Å². The summed E-state index contributed by atoms with van der Waals surface area (Å²) in [5.41, 5.74) is 0.104. The van der Waals surface area contributed by atoms with Crippen molar-refractivity contribution in [1.29, 1.82) is 5.26 Å². The average molecular weight is 193 g/mol. The minimum atomic E-state index is -0.828. The fourth-order valence-electron chi connectivity index (χ4n) is 0.870. The minimum Gasteiger partial charge on any atom is -0.444 e. The molecule has 0 aliphatic heterocycles. The minimum absolute atomic E-state index is 0.104. The molecule has 0 N–H and O–H groups in total. The average Bonchev–Trinajstić information content (AvgIpc) is 2.17. The van der Waals surface area contributed by atoms with Crippen LogP contribution in [0.3, 0.4) is 0 Å². The van der Waals surface area contributed by atoms with Crippen LogP contribution in [0, 0.1) is 17.1 Å². The number of nitrogens with zero attached hydrogens (tertiary/aromatic N) is 1. The second-order valence-electron chi connectivity index (χ2n) is 2.69. The number of halogens is 1. The Kier molecular flexibility index (Phi) is 3.19. The highest BCUT2D eigenvalue weighted by Crippen LogP contribution is 2.06. The van der Waals surface area contributed by atoms with Crippen LogP contribution in [0.5, 0.6) is 0 Å². The molecule has 0 radical (unpaired) electrons. The summed E-state index contributed by atoms with van der Waals surface area (Å²) >= 11 is 0. The number of rotatable bonds is 2. The molecule has 3 nitrogen and oxygen atoms in total. The maximum atomic E-state index is 12.7. The SMILES string of the molecule is CC(C#N)OC(=O)c1cccc(F)c1. The Labute approximate surface area is 80.7 Å². The molecular formula is C10H8FNO2. The topological polar surface area (TPSA) is 50.1 Å². The van der Waals surface area contributed by atoms with Crippen molar-refractivity contribution in [2.75, 3.05) is 0 Å². The first kappa shape index (κ1) is 10.2. The van der Waals surface area contributed by atoms with Crippen molar-refractivity contribution in [2.24, 2.45) is 0 Å². The lowest BCUT2D eigenvalue weighted by atomic mass is 10.2. The van der Waals surface area contributed by atoms with E-state index in [9.17, 15) is 9.18 Å². The maximum absolute atomic E-state index is 12.7. The van der Waals surface area contributed by atoms with E-state index < -0.39 is 17.9 Å². The highest BCUT2D eigenvalue weighted by Gasteiger charge is 2.11. The van der Waals surface area contributed by atoms with Crippen LogP contribution in [0.2, 0.25) is 0 Å². The van der Waals surface area contributed by atoms with Crippen molar-refractivity contribution < 1.29 is 13.9 Å². The first-order chi connectivity index (χ1) is 6.63. The van der Waals surface area contributed by atoms with Crippen LogP contribution in [0.4, 0.5) is 4.39 Å². The van der Waals surface area contributed by atoms with Gasteiger partial charge in [0.15, 0.2) is 6.10 Å². The van der Waals surface area contributed by atoms with Crippen molar-refractivity contribution in [3.05, 3.63) is 35.6 Å². The normalized spacial score (nSPS) is 11.5. The molecule has 4 heteroatoms. The second-order valence-corrected chi connectivity index (χ2v) is 2.69. The molecule has 0 aliphatic carbocycles. The van der Waals surface area contributed by atoms with Gasteiger partial charge in [0.25, 0.3) is 0 Å². The monoisotopic (exact) mass is 193 g/mol. The summed E-state index contributed by atoms with van der Waals surface area (Å²) < 4.78 is 17.3. The van der Waals surface area contributed by atoms with Gasteiger partial charge in [-0.25, -0.2) is 9.18 Å². The molecule has 72 valence electrons. The van der Waals surface area contributed by atoms with Crippen molar-refractivity contribution >= 4 is 5.97 Å². The van der Waals surface area contributed by atoms with Crippen LogP contribution in [-0.2, 0) is 4.74 Å². The zero-order chi connectivity index (χ0) is 10.6. The fraction of sp³-hybridized carbons (Fsp3) is 0.200. The van der Waals surface area contributed by atoms with Crippen LogP contribution in [0.15, 0.2) is 24.3 Å². The Morgan fingerprint density at radius 1 is 1.64 bits per heavy atom. The third kappa shape index (κ3) is 2.56. The van der Waals surface area contributed by atoms with Crippen LogP contribution < -0.4 is 0 Å². The maximum Gasteiger partial charge on any atom is 0.339 e. The smallest absolute Gasteiger partial charge is 0.339 e. The van der Waals surface area contributed by atoms with Gasteiger partial charge in [-0.15, -0.1) is 0 Å². The van der Waals surface area contributed by atoms with Gasteiger partial charge in [0.05, 0.1) is 5.56 Å². The lowest BCUT2D eigenvalue weighted by molar-refractivity contribution is 0.0435. The third-order valence-corrected chi connectivity index (χ3v) is 1.53. The molecule has 1 aromatic carbocycles. The summed E-state index contributed by atoms with van der Waals surface area (Å²) in [6, 6.07) is 6.86. The molecule has 0 saturated carbocycles. The standard InChI is InChI=1S/C10H8FNO2/c1-7(6-12)14-10(13)8-3-2-4-9(11)5-8/h2-5,7H,1H3. The number of ether oxygens (including phenoxy) is 1. The third-order valence-electron chi connectivity index (χ3n) is 1.53. The number of carbonyl (C=O) groups is 1. The first-order valence-electron chi connectivity index (χ1n) is 3.99. The largest absolute Gasteiger partial charge is 0.444 e. The number of hydrogen-bond acceptors (Lipinski definition) is 3. The molecule has 0 fully saturated rings. The van der Waals surface area contributed by atoms with Gasteiger partial charge in [0, 0.05) is 0 Å². The zero-order valence-electron chi connectivity index (χ0n) is 7.53. The van der Waals surface area contributed by atoms with Crippen molar-refractivity contribution in [3.8, 4) is 6.07 Å². The molecule has 1 rings (SSSR count). The van der Waals surface area contributed by atoms with Gasteiger partial charge in [-0.2, -0.15) is 5.26 Å². The van der Waals surface area contributed by atoms with Crippen LogP contribution in [0.1, 0.15) is 17.3 Å². The molecule has 14 heavy (non-hydrogen) atoms. The molecule has 0 aromatic heterocycles.